The Morgan fingerprint density at radius 3 is 2.42 bits per heavy atom. The fraction of sp³-hybridized carbons (Fsp3) is 0.200. The van der Waals surface area contributed by atoms with Crippen molar-refractivity contribution in [2.24, 2.45) is 0 Å². The predicted octanol–water partition coefficient (Wildman–Crippen LogP) is 3.06. The largest absolute Gasteiger partial charge is 0.423 e. The molecule has 0 fully saturated rings. The van der Waals surface area contributed by atoms with Gasteiger partial charge in [0.15, 0.2) is 5.78 Å². The normalized spacial score (nSPS) is 10.9. The van der Waals surface area contributed by atoms with Gasteiger partial charge in [-0.1, -0.05) is 15.9 Å². The SMILES string of the molecule is N#Cc1cc([N+](=O)[O-])c(C(F)(F)F)cc1C(=O)CBr. The molecule has 0 saturated heterocycles. The summed E-state index contributed by atoms with van der Waals surface area (Å²) in [5.41, 5.74) is -3.78. The van der Waals surface area contributed by atoms with Crippen LogP contribution < -0.4 is 0 Å². The molecular weight excluding hydrogens is 333 g/mol. The number of hydrogen-bond acceptors (Lipinski definition) is 4. The predicted molar refractivity (Wildman–Crippen MR) is 60.9 cm³/mol. The lowest BCUT2D eigenvalue weighted by Gasteiger charge is -2.10. The number of carbonyl (C=O) groups excluding carboxylic acids is 1. The third kappa shape index (κ3) is 3.08. The first-order valence-electron chi connectivity index (χ1n) is 4.61. The van der Waals surface area contributed by atoms with Crippen LogP contribution in [0.15, 0.2) is 12.1 Å². The molecule has 0 bridgehead atoms. The summed E-state index contributed by atoms with van der Waals surface area (Å²) < 4.78 is 38.0. The van der Waals surface area contributed by atoms with Crippen molar-refractivity contribution in [3.05, 3.63) is 38.9 Å². The zero-order valence-corrected chi connectivity index (χ0v) is 10.6. The Hall–Kier alpha value is -1.95. The van der Waals surface area contributed by atoms with Crippen LogP contribution >= 0.6 is 15.9 Å². The number of nitro groups is 1. The van der Waals surface area contributed by atoms with E-state index in [4.69, 9.17) is 5.26 Å². The van der Waals surface area contributed by atoms with E-state index in [9.17, 15) is 28.1 Å². The Bertz CT molecular complexity index is 593. The molecule has 1 aromatic carbocycles. The molecule has 1 aromatic rings. The Morgan fingerprint density at radius 2 is 2.05 bits per heavy atom. The van der Waals surface area contributed by atoms with Gasteiger partial charge in [0.1, 0.15) is 11.6 Å². The third-order valence-electron chi connectivity index (χ3n) is 2.18. The fourth-order valence-corrected chi connectivity index (χ4v) is 1.66. The highest BCUT2D eigenvalue weighted by molar-refractivity contribution is 9.09. The van der Waals surface area contributed by atoms with Gasteiger partial charge in [0.25, 0.3) is 5.69 Å². The zero-order valence-electron chi connectivity index (χ0n) is 8.99. The van der Waals surface area contributed by atoms with Crippen molar-refractivity contribution < 1.29 is 22.9 Å². The number of nitriles is 1. The number of alkyl halides is 4. The number of ketones is 1. The Labute approximate surface area is 112 Å². The summed E-state index contributed by atoms with van der Waals surface area (Å²) in [7, 11) is 0. The molecule has 0 unspecified atom stereocenters. The molecular formula is C10H4BrF3N2O3. The van der Waals surface area contributed by atoms with Gasteiger partial charge in [-0.2, -0.15) is 18.4 Å². The highest BCUT2D eigenvalue weighted by atomic mass is 79.9. The van der Waals surface area contributed by atoms with Crippen LogP contribution in [-0.2, 0) is 6.18 Å². The summed E-state index contributed by atoms with van der Waals surface area (Å²) in [6.07, 6.45) is -4.99. The molecule has 5 nitrogen and oxygen atoms in total. The number of Topliss-reactive ketones (excluding diaryl/α,β-unsaturated/α-hetero) is 1. The zero-order chi connectivity index (χ0) is 14.8. The molecule has 100 valence electrons. The van der Waals surface area contributed by atoms with E-state index in [-0.39, 0.29) is 5.33 Å². The van der Waals surface area contributed by atoms with Gasteiger partial charge in [0.2, 0.25) is 0 Å². The lowest BCUT2D eigenvalue weighted by Crippen LogP contribution is -2.13. The second-order valence-electron chi connectivity index (χ2n) is 3.34. The van der Waals surface area contributed by atoms with Gasteiger partial charge in [0.05, 0.1) is 15.8 Å². The summed E-state index contributed by atoms with van der Waals surface area (Å²) in [4.78, 5) is 20.8. The third-order valence-corrected chi connectivity index (χ3v) is 2.69. The van der Waals surface area contributed by atoms with Crippen LogP contribution in [0.4, 0.5) is 18.9 Å². The van der Waals surface area contributed by atoms with Crippen molar-refractivity contribution in [2.75, 3.05) is 5.33 Å². The molecule has 0 aromatic heterocycles. The van der Waals surface area contributed by atoms with Gasteiger partial charge in [0, 0.05) is 11.6 Å². The quantitative estimate of drug-likeness (QED) is 0.367. The molecule has 9 heteroatoms. The maximum Gasteiger partial charge on any atom is 0.423 e. The number of hydrogen-bond donors (Lipinski definition) is 0. The van der Waals surface area contributed by atoms with Crippen LogP contribution in [0.25, 0.3) is 0 Å². The maximum absolute atomic E-state index is 12.7. The second kappa shape index (κ2) is 5.36. The van der Waals surface area contributed by atoms with E-state index in [0.29, 0.717) is 12.1 Å². The van der Waals surface area contributed by atoms with Crippen LogP contribution in [0.2, 0.25) is 0 Å². The molecule has 0 saturated carbocycles. The molecule has 0 spiro atoms. The average molecular weight is 337 g/mol. The van der Waals surface area contributed by atoms with Crippen molar-refractivity contribution >= 4 is 27.4 Å². The average Bonchev–Trinajstić information content (AvgIpc) is 2.34. The molecule has 0 heterocycles. The lowest BCUT2D eigenvalue weighted by atomic mass is 10.00. The van der Waals surface area contributed by atoms with Crippen molar-refractivity contribution in [3.63, 3.8) is 0 Å². The number of halogens is 4. The number of nitrogens with zero attached hydrogens (tertiary/aromatic N) is 2. The smallest absolute Gasteiger partial charge is 0.293 e. The monoisotopic (exact) mass is 336 g/mol. The van der Waals surface area contributed by atoms with Crippen LogP contribution in [0.3, 0.4) is 0 Å². The van der Waals surface area contributed by atoms with Gasteiger partial charge in [-0.05, 0) is 6.07 Å². The number of carbonyl (C=O) groups is 1. The summed E-state index contributed by atoms with van der Waals surface area (Å²) in [6.45, 7) is 0. The Balaban J connectivity index is 3.68. The standard InChI is InChI=1S/C10H4BrF3N2O3/c11-3-9(17)6-2-7(10(12,13)14)8(16(18)19)1-5(6)4-15/h1-2H,3H2. The van der Waals surface area contributed by atoms with Crippen LogP contribution in [0.1, 0.15) is 21.5 Å². The molecule has 0 atom stereocenters. The highest BCUT2D eigenvalue weighted by Gasteiger charge is 2.39. The first-order chi connectivity index (χ1) is 8.72. The minimum absolute atomic E-state index is 0.295. The molecule has 0 aliphatic heterocycles. The fourth-order valence-electron chi connectivity index (χ4n) is 1.36. The molecule has 0 radical (unpaired) electrons. The topological polar surface area (TPSA) is 84.0 Å². The van der Waals surface area contributed by atoms with Gasteiger partial charge >= 0.3 is 6.18 Å². The summed E-state index contributed by atoms with van der Waals surface area (Å²) in [5, 5.41) is 19.0. The van der Waals surface area contributed by atoms with E-state index < -0.39 is 39.3 Å². The van der Waals surface area contributed by atoms with E-state index >= 15 is 0 Å². The van der Waals surface area contributed by atoms with Crippen molar-refractivity contribution in [1.82, 2.24) is 0 Å². The molecule has 19 heavy (non-hydrogen) atoms. The number of rotatable bonds is 3. The highest BCUT2D eigenvalue weighted by Crippen LogP contribution is 2.37. The van der Waals surface area contributed by atoms with Gasteiger partial charge < -0.3 is 0 Å². The van der Waals surface area contributed by atoms with Gasteiger partial charge in [-0.3, -0.25) is 14.9 Å². The minimum Gasteiger partial charge on any atom is -0.293 e. The van der Waals surface area contributed by atoms with Gasteiger partial charge in [-0.25, -0.2) is 0 Å². The Kier molecular flexibility index (Phi) is 4.26. The van der Waals surface area contributed by atoms with Crippen molar-refractivity contribution in [3.8, 4) is 6.07 Å². The van der Waals surface area contributed by atoms with Gasteiger partial charge in [-0.15, -0.1) is 0 Å². The molecule has 0 amide bonds. The van der Waals surface area contributed by atoms with Crippen LogP contribution in [0, 0.1) is 21.4 Å². The number of benzene rings is 1. The molecule has 1 rings (SSSR count). The van der Waals surface area contributed by atoms with E-state index in [2.05, 4.69) is 15.9 Å². The Morgan fingerprint density at radius 1 is 1.47 bits per heavy atom. The van der Waals surface area contributed by atoms with E-state index in [1.165, 1.54) is 6.07 Å². The second-order valence-corrected chi connectivity index (χ2v) is 3.90. The van der Waals surface area contributed by atoms with Crippen LogP contribution in [0.5, 0.6) is 0 Å². The van der Waals surface area contributed by atoms with Crippen molar-refractivity contribution in [2.45, 2.75) is 6.18 Å². The number of nitro benzene ring substituents is 1. The summed E-state index contributed by atoms with van der Waals surface area (Å²) >= 11 is 2.76. The maximum atomic E-state index is 12.7. The molecule has 0 N–H and O–H groups in total. The minimum atomic E-state index is -4.99. The summed E-state index contributed by atoms with van der Waals surface area (Å²) in [6, 6.07) is 2.26. The lowest BCUT2D eigenvalue weighted by molar-refractivity contribution is -0.388. The van der Waals surface area contributed by atoms with Crippen LogP contribution in [-0.4, -0.2) is 16.0 Å². The van der Waals surface area contributed by atoms with E-state index in [1.54, 1.807) is 0 Å². The first kappa shape index (κ1) is 15.1. The molecule has 0 aliphatic carbocycles. The van der Waals surface area contributed by atoms with E-state index in [0.717, 1.165) is 0 Å². The van der Waals surface area contributed by atoms with Crippen molar-refractivity contribution in [1.29, 1.82) is 5.26 Å². The first-order valence-corrected chi connectivity index (χ1v) is 5.73. The summed E-state index contributed by atoms with van der Waals surface area (Å²) in [5.74, 6) is -0.767. The molecule has 0 aliphatic rings. The van der Waals surface area contributed by atoms with E-state index in [1.807, 2.05) is 0 Å².